The average molecular weight is 186 g/mol. The summed E-state index contributed by atoms with van der Waals surface area (Å²) in [6.07, 6.45) is 0. The van der Waals surface area contributed by atoms with Crippen LogP contribution in [0.15, 0.2) is 0 Å². The Morgan fingerprint density at radius 1 is 1.27 bits per heavy atom. The van der Waals surface area contributed by atoms with Crippen LogP contribution in [-0.4, -0.2) is 20.2 Å². The normalized spacial score (nSPS) is 11.9. The van der Waals surface area contributed by atoms with Crippen LogP contribution in [0.5, 0.6) is 0 Å². The molecule has 6 N–H and O–H groups in total. The van der Waals surface area contributed by atoms with E-state index in [0.717, 1.165) is 0 Å². The molecular formula is C4H15N2O4P. The van der Waals surface area contributed by atoms with Crippen LogP contribution in [0.25, 0.3) is 0 Å². The number of nitrogens with one attached hydrogen (secondary N) is 1. The molecule has 7 heteroatoms. The molecule has 0 rings (SSSR count). The summed E-state index contributed by atoms with van der Waals surface area (Å²) in [6, 6.07) is 0. The molecule has 0 spiro atoms. The van der Waals surface area contributed by atoms with Crippen molar-refractivity contribution < 1.29 is 19.2 Å². The first-order chi connectivity index (χ1) is 4.56. The predicted octanol–water partition coefficient (Wildman–Crippen LogP) is -0.680. The first-order valence-electron chi connectivity index (χ1n) is 2.82. The maximum atomic E-state index is 8.88. The molecule has 6 nitrogen and oxygen atoms in total. The third-order valence-corrected chi connectivity index (χ3v) is 0.433. The molecular weight excluding hydrogens is 171 g/mol. The molecule has 0 aromatic rings. The van der Waals surface area contributed by atoms with Gasteiger partial charge in [0.1, 0.15) is 0 Å². The van der Waals surface area contributed by atoms with Crippen LogP contribution >= 0.6 is 7.82 Å². The summed E-state index contributed by atoms with van der Waals surface area (Å²) in [7, 11) is -4.64. The van der Waals surface area contributed by atoms with Crippen molar-refractivity contribution in [1.82, 2.24) is 5.43 Å². The number of hydrogen-bond donors (Lipinski definition) is 5. The highest BCUT2D eigenvalue weighted by Crippen LogP contribution is 2.25. The van der Waals surface area contributed by atoms with E-state index in [2.05, 4.69) is 5.43 Å². The van der Waals surface area contributed by atoms with Gasteiger partial charge in [0.2, 0.25) is 0 Å². The lowest BCUT2D eigenvalue weighted by Gasteiger charge is -2.14. The molecule has 0 unspecified atom stereocenters. The molecule has 0 aromatic heterocycles. The first-order valence-corrected chi connectivity index (χ1v) is 4.39. The summed E-state index contributed by atoms with van der Waals surface area (Å²) in [4.78, 5) is 21.6. The largest absolute Gasteiger partial charge is 0.466 e. The first kappa shape index (κ1) is 13.6. The van der Waals surface area contributed by atoms with Gasteiger partial charge in [-0.2, -0.15) is 0 Å². The number of rotatable bonds is 0. The summed E-state index contributed by atoms with van der Waals surface area (Å²) in [5.74, 6) is 5.06. The molecule has 0 aliphatic rings. The maximum Gasteiger partial charge on any atom is 0.466 e. The van der Waals surface area contributed by atoms with Crippen molar-refractivity contribution in [3.05, 3.63) is 0 Å². The van der Waals surface area contributed by atoms with E-state index in [4.69, 9.17) is 25.1 Å². The Morgan fingerprint density at radius 3 is 1.36 bits per heavy atom. The Bertz CT molecular complexity index is 129. The van der Waals surface area contributed by atoms with Crippen LogP contribution in [0, 0.1) is 0 Å². The summed E-state index contributed by atoms with van der Waals surface area (Å²) in [6.45, 7) is 6.02. The summed E-state index contributed by atoms with van der Waals surface area (Å²) in [5.41, 5.74) is 2.67. The van der Waals surface area contributed by atoms with Gasteiger partial charge in [-0.05, 0) is 20.8 Å². The lowest BCUT2D eigenvalue weighted by molar-refractivity contribution is 0.275. The van der Waals surface area contributed by atoms with E-state index in [9.17, 15) is 0 Å². The van der Waals surface area contributed by atoms with E-state index in [0.29, 0.717) is 0 Å². The third kappa shape index (κ3) is 70.4. The zero-order valence-corrected chi connectivity index (χ0v) is 7.67. The van der Waals surface area contributed by atoms with Crippen LogP contribution in [0.3, 0.4) is 0 Å². The van der Waals surface area contributed by atoms with E-state index >= 15 is 0 Å². The van der Waals surface area contributed by atoms with Gasteiger partial charge in [-0.15, -0.1) is 0 Å². The topological polar surface area (TPSA) is 116 Å². The predicted molar refractivity (Wildman–Crippen MR) is 41.3 cm³/mol. The average Bonchev–Trinajstić information content (AvgIpc) is 1.59. The van der Waals surface area contributed by atoms with Crippen LogP contribution < -0.4 is 11.3 Å². The highest BCUT2D eigenvalue weighted by atomic mass is 31.2. The van der Waals surface area contributed by atoms with Gasteiger partial charge >= 0.3 is 7.82 Å². The zero-order valence-electron chi connectivity index (χ0n) is 6.77. The molecule has 0 saturated carbocycles. The Labute approximate surface area is 65.6 Å². The van der Waals surface area contributed by atoms with Gasteiger partial charge < -0.3 is 14.7 Å². The Hall–Kier alpha value is 0.0300. The molecule has 11 heavy (non-hydrogen) atoms. The maximum absolute atomic E-state index is 8.88. The molecule has 0 saturated heterocycles. The second kappa shape index (κ2) is 4.82. The molecule has 0 bridgehead atoms. The van der Waals surface area contributed by atoms with Crippen molar-refractivity contribution in [1.29, 1.82) is 0 Å². The van der Waals surface area contributed by atoms with Gasteiger partial charge in [0.15, 0.2) is 0 Å². The minimum Gasteiger partial charge on any atom is -0.303 e. The standard InChI is InChI=1S/C4H12N2.H3O4P/c1-4(2,3)6-5;1-5(2,3)4/h6H,5H2,1-3H3;(H3,1,2,3,4). The van der Waals surface area contributed by atoms with E-state index in [1.54, 1.807) is 0 Å². The van der Waals surface area contributed by atoms with Crippen molar-refractivity contribution in [3.63, 3.8) is 0 Å². The van der Waals surface area contributed by atoms with E-state index < -0.39 is 7.82 Å². The van der Waals surface area contributed by atoms with Crippen molar-refractivity contribution in [3.8, 4) is 0 Å². The van der Waals surface area contributed by atoms with Crippen LogP contribution in [-0.2, 0) is 4.57 Å². The molecule has 0 aliphatic carbocycles. The van der Waals surface area contributed by atoms with Crippen LogP contribution in [0.1, 0.15) is 20.8 Å². The fraction of sp³-hybridized carbons (Fsp3) is 1.00. The van der Waals surface area contributed by atoms with Gasteiger partial charge in [0, 0.05) is 5.54 Å². The van der Waals surface area contributed by atoms with Crippen molar-refractivity contribution in [2.24, 2.45) is 5.84 Å². The Morgan fingerprint density at radius 2 is 1.36 bits per heavy atom. The fourth-order valence-corrected chi connectivity index (χ4v) is 0. The second-order valence-electron chi connectivity index (χ2n) is 2.91. The highest BCUT2D eigenvalue weighted by molar-refractivity contribution is 7.45. The zero-order chi connectivity index (χ0) is 9.71. The van der Waals surface area contributed by atoms with E-state index in [1.165, 1.54) is 0 Å². The molecule has 0 heterocycles. The summed E-state index contributed by atoms with van der Waals surface area (Å²) in [5, 5.41) is 0. The van der Waals surface area contributed by atoms with Gasteiger partial charge in [-0.1, -0.05) is 0 Å². The Kier molecular flexibility index (Phi) is 5.96. The lowest BCUT2D eigenvalue weighted by Crippen LogP contribution is -2.41. The number of nitrogens with two attached hydrogens (primary N) is 1. The van der Waals surface area contributed by atoms with Crippen LogP contribution in [0.4, 0.5) is 0 Å². The van der Waals surface area contributed by atoms with Crippen molar-refractivity contribution in [2.45, 2.75) is 26.3 Å². The van der Waals surface area contributed by atoms with Crippen LogP contribution in [0.2, 0.25) is 0 Å². The second-order valence-corrected chi connectivity index (χ2v) is 3.93. The third-order valence-electron chi connectivity index (χ3n) is 0.433. The molecule has 0 fully saturated rings. The Balaban J connectivity index is 0. The fourth-order valence-electron chi connectivity index (χ4n) is 0. The quantitative estimate of drug-likeness (QED) is 0.194. The van der Waals surface area contributed by atoms with Gasteiger partial charge in [-0.25, -0.2) is 4.57 Å². The molecule has 0 radical (unpaired) electrons. The number of hydrazine groups is 1. The monoisotopic (exact) mass is 186 g/mol. The van der Waals surface area contributed by atoms with Crippen molar-refractivity contribution in [2.75, 3.05) is 0 Å². The lowest BCUT2D eigenvalue weighted by atomic mass is 10.1. The molecule has 0 atom stereocenters. The van der Waals surface area contributed by atoms with Gasteiger partial charge in [0.25, 0.3) is 0 Å². The number of hydrogen-bond acceptors (Lipinski definition) is 3. The molecule has 70 valence electrons. The SMILES string of the molecule is CC(C)(C)NN.O=P(O)(O)O. The molecule has 0 aliphatic heterocycles. The van der Waals surface area contributed by atoms with Gasteiger partial charge in [0.05, 0.1) is 0 Å². The minimum atomic E-state index is -4.64. The summed E-state index contributed by atoms with van der Waals surface area (Å²) >= 11 is 0. The summed E-state index contributed by atoms with van der Waals surface area (Å²) < 4.78 is 8.88. The number of phosphoric acid groups is 1. The van der Waals surface area contributed by atoms with E-state index in [1.807, 2.05) is 20.8 Å². The smallest absolute Gasteiger partial charge is 0.303 e. The van der Waals surface area contributed by atoms with Gasteiger partial charge in [-0.3, -0.25) is 11.3 Å². The highest BCUT2D eigenvalue weighted by Gasteiger charge is 2.02. The molecule has 0 amide bonds. The van der Waals surface area contributed by atoms with Crippen molar-refractivity contribution >= 4 is 7.82 Å². The molecule has 0 aromatic carbocycles. The minimum absolute atomic E-state index is 0.0694. The van der Waals surface area contributed by atoms with E-state index in [-0.39, 0.29) is 5.54 Å².